The summed E-state index contributed by atoms with van der Waals surface area (Å²) in [6.07, 6.45) is -4.33. The van der Waals surface area contributed by atoms with E-state index in [2.05, 4.69) is 5.32 Å². The lowest BCUT2D eigenvalue weighted by Gasteiger charge is -2.11. The third kappa shape index (κ3) is 3.34. The maximum atomic E-state index is 12.6. The van der Waals surface area contributed by atoms with Crippen LogP contribution in [-0.2, 0) is 12.7 Å². The van der Waals surface area contributed by atoms with E-state index in [-0.39, 0.29) is 6.54 Å². The Balaban J connectivity index is 2.09. The van der Waals surface area contributed by atoms with Gasteiger partial charge in [-0.2, -0.15) is 13.2 Å². The monoisotopic (exact) mass is 281 g/mol. The molecule has 0 spiro atoms. The van der Waals surface area contributed by atoms with Gasteiger partial charge in [-0.1, -0.05) is 12.1 Å². The Morgan fingerprint density at radius 2 is 1.70 bits per heavy atom. The van der Waals surface area contributed by atoms with E-state index in [0.717, 1.165) is 12.1 Å². The van der Waals surface area contributed by atoms with Crippen LogP contribution in [0.3, 0.4) is 0 Å². The number of nitrogens with two attached hydrogens (primary N) is 2. The normalized spacial score (nSPS) is 11.3. The van der Waals surface area contributed by atoms with Crippen molar-refractivity contribution in [2.75, 3.05) is 16.8 Å². The molecule has 2 aromatic carbocycles. The number of alkyl halides is 3. The molecule has 0 radical (unpaired) electrons. The first-order valence-corrected chi connectivity index (χ1v) is 5.91. The molecule has 0 aromatic heterocycles. The molecule has 2 rings (SSSR count). The van der Waals surface area contributed by atoms with E-state index in [1.807, 2.05) is 0 Å². The van der Waals surface area contributed by atoms with Gasteiger partial charge in [-0.25, -0.2) is 0 Å². The molecule has 6 heteroatoms. The summed E-state index contributed by atoms with van der Waals surface area (Å²) in [6.45, 7) is 0.271. The van der Waals surface area contributed by atoms with E-state index in [1.54, 1.807) is 24.3 Å². The first-order valence-electron chi connectivity index (χ1n) is 5.91. The molecule has 0 aliphatic carbocycles. The first-order chi connectivity index (χ1) is 9.36. The van der Waals surface area contributed by atoms with Gasteiger partial charge in [0.1, 0.15) is 0 Å². The molecule has 0 aliphatic heterocycles. The van der Waals surface area contributed by atoms with Gasteiger partial charge in [0.15, 0.2) is 0 Å². The predicted octanol–water partition coefficient (Wildman–Crippen LogP) is 3.48. The molecular weight excluding hydrogens is 267 g/mol. The molecule has 0 heterocycles. The number of hydrogen-bond donors (Lipinski definition) is 3. The van der Waals surface area contributed by atoms with Gasteiger partial charge in [-0.15, -0.1) is 0 Å². The minimum Gasteiger partial charge on any atom is -0.397 e. The van der Waals surface area contributed by atoms with Crippen LogP contribution in [0.15, 0.2) is 42.5 Å². The fourth-order valence-corrected chi connectivity index (χ4v) is 1.75. The highest BCUT2D eigenvalue weighted by Crippen LogP contribution is 2.29. The molecule has 0 fully saturated rings. The van der Waals surface area contributed by atoms with Crippen molar-refractivity contribution in [1.82, 2.24) is 0 Å². The Morgan fingerprint density at radius 3 is 2.35 bits per heavy atom. The van der Waals surface area contributed by atoms with Crippen molar-refractivity contribution in [3.63, 3.8) is 0 Å². The zero-order chi connectivity index (χ0) is 14.8. The number of halogens is 3. The van der Waals surface area contributed by atoms with E-state index in [4.69, 9.17) is 11.5 Å². The van der Waals surface area contributed by atoms with Gasteiger partial charge >= 0.3 is 6.18 Å². The van der Waals surface area contributed by atoms with Gasteiger partial charge < -0.3 is 16.8 Å². The summed E-state index contributed by atoms with van der Waals surface area (Å²) < 4.78 is 37.7. The van der Waals surface area contributed by atoms with Gasteiger partial charge in [0, 0.05) is 12.2 Å². The standard InChI is InChI=1S/C14H14F3N3/c15-14(16,17)10-3-1-2-9(6-10)8-20-11-4-5-12(18)13(19)7-11/h1-7,20H,8,18-19H2. The second kappa shape index (κ2) is 5.32. The highest BCUT2D eigenvalue weighted by Gasteiger charge is 2.30. The average molecular weight is 281 g/mol. The average Bonchev–Trinajstić information content (AvgIpc) is 2.39. The first kappa shape index (κ1) is 14.0. The lowest BCUT2D eigenvalue weighted by molar-refractivity contribution is -0.137. The summed E-state index contributed by atoms with van der Waals surface area (Å²) in [7, 11) is 0. The van der Waals surface area contributed by atoms with Crippen LogP contribution in [0.25, 0.3) is 0 Å². The van der Waals surface area contributed by atoms with Gasteiger partial charge in [-0.3, -0.25) is 0 Å². The molecule has 5 N–H and O–H groups in total. The molecular formula is C14H14F3N3. The molecule has 3 nitrogen and oxygen atoms in total. The predicted molar refractivity (Wildman–Crippen MR) is 74.0 cm³/mol. The van der Waals surface area contributed by atoms with E-state index in [1.165, 1.54) is 6.07 Å². The largest absolute Gasteiger partial charge is 0.416 e. The number of anilines is 3. The summed E-state index contributed by atoms with van der Waals surface area (Å²) in [5.74, 6) is 0. The molecule has 0 saturated carbocycles. The zero-order valence-corrected chi connectivity index (χ0v) is 10.5. The Kier molecular flexibility index (Phi) is 3.74. The van der Waals surface area contributed by atoms with Crippen molar-refractivity contribution in [1.29, 1.82) is 0 Å². The van der Waals surface area contributed by atoms with E-state index < -0.39 is 11.7 Å². The fraction of sp³-hybridized carbons (Fsp3) is 0.143. The molecule has 106 valence electrons. The van der Waals surface area contributed by atoms with Gasteiger partial charge in [0.2, 0.25) is 0 Å². The van der Waals surface area contributed by atoms with Crippen molar-refractivity contribution in [2.24, 2.45) is 0 Å². The van der Waals surface area contributed by atoms with E-state index >= 15 is 0 Å². The van der Waals surface area contributed by atoms with Crippen LogP contribution in [0, 0.1) is 0 Å². The summed E-state index contributed by atoms with van der Waals surface area (Å²) >= 11 is 0. The zero-order valence-electron chi connectivity index (χ0n) is 10.5. The molecule has 2 aromatic rings. The highest BCUT2D eigenvalue weighted by atomic mass is 19.4. The maximum absolute atomic E-state index is 12.6. The summed E-state index contributed by atoms with van der Waals surface area (Å²) in [4.78, 5) is 0. The van der Waals surface area contributed by atoms with Crippen molar-refractivity contribution < 1.29 is 13.2 Å². The Labute approximate surface area is 114 Å². The fourth-order valence-electron chi connectivity index (χ4n) is 1.75. The number of hydrogen-bond acceptors (Lipinski definition) is 3. The quantitative estimate of drug-likeness (QED) is 0.755. The number of benzene rings is 2. The molecule has 0 aliphatic rings. The van der Waals surface area contributed by atoms with Crippen molar-refractivity contribution in [2.45, 2.75) is 12.7 Å². The number of nitrogen functional groups attached to an aromatic ring is 2. The Hall–Kier alpha value is -2.37. The second-order valence-corrected chi connectivity index (χ2v) is 4.40. The molecule has 0 amide bonds. The van der Waals surface area contributed by atoms with E-state index in [0.29, 0.717) is 22.6 Å². The lowest BCUT2D eigenvalue weighted by Crippen LogP contribution is -2.07. The van der Waals surface area contributed by atoms with Crippen LogP contribution in [0.5, 0.6) is 0 Å². The Morgan fingerprint density at radius 1 is 0.950 bits per heavy atom. The number of rotatable bonds is 3. The molecule has 0 saturated heterocycles. The lowest BCUT2D eigenvalue weighted by atomic mass is 10.1. The minimum absolute atomic E-state index is 0.271. The Bertz CT molecular complexity index is 609. The third-order valence-corrected chi connectivity index (χ3v) is 2.84. The smallest absolute Gasteiger partial charge is 0.397 e. The van der Waals surface area contributed by atoms with Crippen LogP contribution in [0.4, 0.5) is 30.2 Å². The van der Waals surface area contributed by atoms with Crippen LogP contribution in [-0.4, -0.2) is 0 Å². The van der Waals surface area contributed by atoms with Crippen LogP contribution in [0.2, 0.25) is 0 Å². The summed E-state index contributed by atoms with van der Waals surface area (Å²) in [5.41, 5.74) is 12.7. The molecule has 20 heavy (non-hydrogen) atoms. The SMILES string of the molecule is Nc1ccc(NCc2cccc(C(F)(F)F)c2)cc1N. The van der Waals surface area contributed by atoms with Gasteiger partial charge in [0.25, 0.3) is 0 Å². The van der Waals surface area contributed by atoms with Crippen LogP contribution >= 0.6 is 0 Å². The highest BCUT2D eigenvalue weighted by molar-refractivity contribution is 5.69. The maximum Gasteiger partial charge on any atom is 0.416 e. The molecule has 0 bridgehead atoms. The minimum atomic E-state index is -4.33. The topological polar surface area (TPSA) is 64.1 Å². The van der Waals surface area contributed by atoms with Crippen molar-refractivity contribution in [3.8, 4) is 0 Å². The van der Waals surface area contributed by atoms with Crippen LogP contribution in [0.1, 0.15) is 11.1 Å². The van der Waals surface area contributed by atoms with Gasteiger partial charge in [-0.05, 0) is 35.9 Å². The van der Waals surface area contributed by atoms with Crippen molar-refractivity contribution in [3.05, 3.63) is 53.6 Å². The third-order valence-electron chi connectivity index (χ3n) is 2.84. The second-order valence-electron chi connectivity index (χ2n) is 4.40. The number of nitrogens with one attached hydrogen (secondary N) is 1. The summed E-state index contributed by atoms with van der Waals surface area (Å²) in [6, 6.07) is 10.2. The van der Waals surface area contributed by atoms with E-state index in [9.17, 15) is 13.2 Å². The van der Waals surface area contributed by atoms with Crippen LogP contribution < -0.4 is 16.8 Å². The van der Waals surface area contributed by atoms with Crippen molar-refractivity contribution >= 4 is 17.1 Å². The summed E-state index contributed by atoms with van der Waals surface area (Å²) in [5, 5.41) is 3.00. The molecule has 0 atom stereocenters. The molecule has 0 unspecified atom stereocenters. The van der Waals surface area contributed by atoms with Gasteiger partial charge in [0.05, 0.1) is 16.9 Å².